The summed E-state index contributed by atoms with van der Waals surface area (Å²) in [6.45, 7) is 12.2. The molecule has 1 aromatic rings. The number of sulfonamides is 1. The van der Waals surface area contributed by atoms with Crippen LogP contribution >= 0.6 is 11.8 Å². The zero-order chi connectivity index (χ0) is 19.4. The van der Waals surface area contributed by atoms with E-state index in [2.05, 4.69) is 26.1 Å². The summed E-state index contributed by atoms with van der Waals surface area (Å²) >= 11 is 1.76. The maximum atomic E-state index is 12.5. The summed E-state index contributed by atoms with van der Waals surface area (Å²) in [5.74, 6) is 0.491. The predicted molar refractivity (Wildman–Crippen MR) is 108 cm³/mol. The lowest BCUT2D eigenvalue weighted by Gasteiger charge is -2.30. The van der Waals surface area contributed by atoms with Crippen LogP contribution in [0.1, 0.15) is 38.8 Å². The molecule has 0 spiro atoms. The SMILES string of the molecule is Cc1ccc(C)c(N([C@@H](C)C(=O)NCCSC(C)(C)C)S(C)(=O)=O)c1. The molecule has 0 saturated carbocycles. The third-order valence-electron chi connectivity index (χ3n) is 3.63. The van der Waals surface area contributed by atoms with Crippen molar-refractivity contribution in [3.05, 3.63) is 29.3 Å². The van der Waals surface area contributed by atoms with E-state index in [0.29, 0.717) is 12.2 Å². The van der Waals surface area contributed by atoms with Crippen molar-refractivity contribution in [3.8, 4) is 0 Å². The first-order valence-electron chi connectivity index (χ1n) is 8.31. The Morgan fingerprint density at radius 1 is 1.28 bits per heavy atom. The summed E-state index contributed by atoms with van der Waals surface area (Å²) in [5, 5.41) is 2.85. The second-order valence-electron chi connectivity index (χ2n) is 7.28. The van der Waals surface area contributed by atoms with Gasteiger partial charge in [-0.2, -0.15) is 11.8 Å². The molecular weight excluding hydrogens is 356 g/mol. The average Bonchev–Trinajstić information content (AvgIpc) is 2.44. The quantitative estimate of drug-likeness (QED) is 0.731. The molecule has 7 heteroatoms. The Hall–Kier alpha value is -1.21. The van der Waals surface area contributed by atoms with Gasteiger partial charge in [0.2, 0.25) is 15.9 Å². The van der Waals surface area contributed by atoms with Crippen molar-refractivity contribution < 1.29 is 13.2 Å². The maximum absolute atomic E-state index is 12.5. The Balaban J connectivity index is 2.93. The number of anilines is 1. The molecule has 0 saturated heterocycles. The van der Waals surface area contributed by atoms with Crippen LogP contribution in [0.15, 0.2) is 18.2 Å². The second-order valence-corrected chi connectivity index (χ2v) is 11.1. The highest BCUT2D eigenvalue weighted by Crippen LogP contribution is 2.26. The summed E-state index contributed by atoms with van der Waals surface area (Å²) in [5.41, 5.74) is 2.32. The molecule has 0 unspecified atom stereocenters. The molecule has 0 aliphatic rings. The van der Waals surface area contributed by atoms with Crippen molar-refractivity contribution in [1.82, 2.24) is 5.32 Å². The Labute approximate surface area is 156 Å². The van der Waals surface area contributed by atoms with Crippen LogP contribution in [0.25, 0.3) is 0 Å². The van der Waals surface area contributed by atoms with Gasteiger partial charge in [-0.25, -0.2) is 8.42 Å². The van der Waals surface area contributed by atoms with Crippen molar-refractivity contribution >= 4 is 33.4 Å². The minimum atomic E-state index is -3.59. The predicted octanol–water partition coefficient (Wildman–Crippen LogP) is 3.11. The number of carbonyl (C=O) groups is 1. The number of hydrogen-bond donors (Lipinski definition) is 1. The fourth-order valence-corrected chi connectivity index (χ4v) is 4.46. The monoisotopic (exact) mass is 386 g/mol. The average molecular weight is 387 g/mol. The molecule has 0 bridgehead atoms. The van der Waals surface area contributed by atoms with Crippen LogP contribution in [-0.4, -0.2) is 43.7 Å². The number of aryl methyl sites for hydroxylation is 2. The van der Waals surface area contributed by atoms with Gasteiger partial charge in [-0.1, -0.05) is 32.9 Å². The molecule has 0 aliphatic heterocycles. The van der Waals surface area contributed by atoms with Gasteiger partial charge in [-0.3, -0.25) is 9.10 Å². The number of nitrogens with one attached hydrogen (secondary N) is 1. The van der Waals surface area contributed by atoms with Gasteiger partial charge in [0, 0.05) is 17.0 Å². The van der Waals surface area contributed by atoms with Gasteiger partial charge in [0.1, 0.15) is 6.04 Å². The first-order valence-corrected chi connectivity index (χ1v) is 11.1. The standard InChI is InChI=1S/C18H30N2O3S2/c1-13-8-9-14(2)16(12-13)20(25(7,22)23)15(3)17(21)19-10-11-24-18(4,5)6/h8-9,12,15H,10-11H2,1-7H3,(H,19,21)/t15-/m0/s1. The fourth-order valence-electron chi connectivity index (χ4n) is 2.42. The molecule has 0 heterocycles. The molecule has 0 radical (unpaired) electrons. The van der Waals surface area contributed by atoms with Crippen LogP contribution in [0.5, 0.6) is 0 Å². The van der Waals surface area contributed by atoms with Gasteiger partial charge >= 0.3 is 0 Å². The largest absolute Gasteiger partial charge is 0.353 e. The zero-order valence-corrected chi connectivity index (χ0v) is 17.8. The summed E-state index contributed by atoms with van der Waals surface area (Å²) in [6.07, 6.45) is 1.13. The molecule has 25 heavy (non-hydrogen) atoms. The Morgan fingerprint density at radius 3 is 2.40 bits per heavy atom. The lowest BCUT2D eigenvalue weighted by atomic mass is 10.1. The van der Waals surface area contributed by atoms with E-state index in [0.717, 1.165) is 23.1 Å². The van der Waals surface area contributed by atoms with E-state index >= 15 is 0 Å². The minimum absolute atomic E-state index is 0.133. The van der Waals surface area contributed by atoms with Crippen LogP contribution in [0.4, 0.5) is 5.69 Å². The second kappa shape index (κ2) is 8.45. The number of amides is 1. The molecule has 0 fully saturated rings. The number of thioether (sulfide) groups is 1. The lowest BCUT2D eigenvalue weighted by Crippen LogP contribution is -2.48. The summed E-state index contributed by atoms with van der Waals surface area (Å²) in [4.78, 5) is 12.5. The van der Waals surface area contributed by atoms with E-state index in [-0.39, 0.29) is 10.7 Å². The van der Waals surface area contributed by atoms with Crippen LogP contribution in [0.3, 0.4) is 0 Å². The van der Waals surface area contributed by atoms with E-state index < -0.39 is 16.1 Å². The van der Waals surface area contributed by atoms with Gasteiger partial charge in [0.15, 0.2) is 0 Å². The molecule has 1 amide bonds. The van der Waals surface area contributed by atoms with E-state index in [1.54, 1.807) is 24.8 Å². The van der Waals surface area contributed by atoms with Crippen molar-refractivity contribution in [3.63, 3.8) is 0 Å². The molecular formula is C18H30N2O3S2. The lowest BCUT2D eigenvalue weighted by molar-refractivity contribution is -0.121. The molecule has 1 rings (SSSR count). The van der Waals surface area contributed by atoms with Gasteiger partial charge in [-0.15, -0.1) is 0 Å². The Morgan fingerprint density at radius 2 is 1.88 bits per heavy atom. The van der Waals surface area contributed by atoms with E-state index in [1.165, 1.54) is 4.31 Å². The molecule has 0 aromatic heterocycles. The molecule has 1 N–H and O–H groups in total. The minimum Gasteiger partial charge on any atom is -0.353 e. The highest BCUT2D eigenvalue weighted by Gasteiger charge is 2.30. The number of carbonyl (C=O) groups excluding carboxylic acids is 1. The number of hydrogen-bond acceptors (Lipinski definition) is 4. The highest BCUT2D eigenvalue weighted by atomic mass is 32.2. The van der Waals surface area contributed by atoms with Crippen LogP contribution < -0.4 is 9.62 Å². The van der Waals surface area contributed by atoms with E-state index in [9.17, 15) is 13.2 Å². The number of rotatable bonds is 7. The van der Waals surface area contributed by atoms with E-state index in [4.69, 9.17) is 0 Å². The first kappa shape index (κ1) is 21.8. The maximum Gasteiger partial charge on any atom is 0.243 e. The fraction of sp³-hybridized carbons (Fsp3) is 0.611. The van der Waals surface area contributed by atoms with Gasteiger partial charge in [0.25, 0.3) is 0 Å². The zero-order valence-electron chi connectivity index (χ0n) is 16.2. The van der Waals surface area contributed by atoms with Gasteiger partial charge < -0.3 is 5.32 Å². The number of benzene rings is 1. The third-order valence-corrected chi connectivity index (χ3v) is 6.13. The van der Waals surface area contributed by atoms with Gasteiger partial charge in [-0.05, 0) is 38.0 Å². The summed E-state index contributed by atoms with van der Waals surface area (Å²) in [7, 11) is -3.59. The Bertz CT molecular complexity index is 710. The number of nitrogens with zero attached hydrogens (tertiary/aromatic N) is 1. The molecule has 5 nitrogen and oxygen atoms in total. The van der Waals surface area contributed by atoms with Gasteiger partial charge in [0.05, 0.1) is 11.9 Å². The summed E-state index contributed by atoms with van der Waals surface area (Å²) in [6, 6.07) is 4.78. The summed E-state index contributed by atoms with van der Waals surface area (Å²) < 4.78 is 26.0. The first-order chi connectivity index (χ1) is 11.3. The molecule has 1 aromatic carbocycles. The normalized spacial score (nSPS) is 13.4. The van der Waals surface area contributed by atoms with E-state index in [1.807, 2.05) is 26.0 Å². The Kier molecular flexibility index (Phi) is 7.38. The third kappa shape index (κ3) is 6.90. The van der Waals surface area contributed by atoms with Crippen molar-refractivity contribution in [2.24, 2.45) is 0 Å². The molecule has 142 valence electrons. The smallest absolute Gasteiger partial charge is 0.243 e. The van der Waals surface area contributed by atoms with Crippen molar-refractivity contribution in [2.75, 3.05) is 22.9 Å². The van der Waals surface area contributed by atoms with Crippen molar-refractivity contribution in [2.45, 2.75) is 52.3 Å². The highest BCUT2D eigenvalue weighted by molar-refractivity contribution is 8.00. The van der Waals surface area contributed by atoms with Crippen LogP contribution in [0, 0.1) is 13.8 Å². The molecule has 0 aliphatic carbocycles. The molecule has 1 atom stereocenters. The van der Waals surface area contributed by atoms with Crippen molar-refractivity contribution in [1.29, 1.82) is 0 Å². The topological polar surface area (TPSA) is 66.5 Å². The van der Waals surface area contributed by atoms with Crippen LogP contribution in [-0.2, 0) is 14.8 Å². The van der Waals surface area contributed by atoms with Crippen LogP contribution in [0.2, 0.25) is 0 Å².